The fourth-order valence-electron chi connectivity index (χ4n) is 1.23. The molecule has 0 saturated heterocycles. The van der Waals surface area contributed by atoms with Crippen molar-refractivity contribution in [2.45, 2.75) is 31.3 Å². The minimum Gasteiger partial charge on any atom is -0.334 e. The number of halogens is 1. The topological polar surface area (TPSA) is 52.0 Å². The fraction of sp³-hybridized carbons (Fsp3) is 0.444. The van der Waals surface area contributed by atoms with Crippen molar-refractivity contribution in [1.29, 1.82) is 0 Å². The van der Waals surface area contributed by atoms with Gasteiger partial charge in [0.25, 0.3) is 9.05 Å². The summed E-state index contributed by atoms with van der Waals surface area (Å²) >= 11 is 0. The molecule has 0 saturated carbocycles. The van der Waals surface area contributed by atoms with Gasteiger partial charge < -0.3 is 4.57 Å². The first-order chi connectivity index (χ1) is 6.95. The normalized spacial score (nSPS) is 11.6. The predicted octanol–water partition coefficient (Wildman–Crippen LogP) is 2.09. The van der Waals surface area contributed by atoms with Gasteiger partial charge in [-0.3, -0.25) is 0 Å². The van der Waals surface area contributed by atoms with Crippen LogP contribution in [0.2, 0.25) is 0 Å². The average molecular weight is 249 g/mol. The Morgan fingerprint density at radius 2 is 2.33 bits per heavy atom. The Kier molecular flexibility index (Phi) is 3.93. The van der Waals surface area contributed by atoms with E-state index < -0.39 is 9.05 Å². The molecule has 1 aromatic heterocycles. The molecule has 0 aliphatic rings. The number of hydrogen-bond donors (Lipinski definition) is 0. The van der Waals surface area contributed by atoms with Gasteiger partial charge in [-0.05, 0) is 19.8 Å². The molecular weight excluding hydrogens is 236 g/mol. The van der Waals surface area contributed by atoms with E-state index in [2.05, 4.69) is 11.6 Å². The lowest BCUT2D eigenvalue weighted by molar-refractivity contribution is 0.606. The highest BCUT2D eigenvalue weighted by Gasteiger charge is 2.15. The maximum absolute atomic E-state index is 11.0. The third-order valence-electron chi connectivity index (χ3n) is 2.01. The molecule has 6 heteroatoms. The Hall–Kier alpha value is -0.810. The standard InChI is InChI=1S/C9H13ClN2O2S/c1-3-4-5-6-12-7-9(11-8(12)2)15(10,13)14/h3,7H,1,4-6H2,2H3. The lowest BCUT2D eigenvalue weighted by Gasteiger charge is -2.01. The highest BCUT2D eigenvalue weighted by molar-refractivity contribution is 8.13. The van der Waals surface area contributed by atoms with Crippen LogP contribution in [0.25, 0.3) is 0 Å². The molecule has 1 rings (SSSR count). The van der Waals surface area contributed by atoms with Crippen LogP contribution in [0, 0.1) is 6.92 Å². The molecule has 4 nitrogen and oxygen atoms in total. The zero-order valence-electron chi connectivity index (χ0n) is 8.48. The summed E-state index contributed by atoms with van der Waals surface area (Å²) in [5, 5.41) is -0.0831. The van der Waals surface area contributed by atoms with Crippen molar-refractivity contribution < 1.29 is 8.42 Å². The van der Waals surface area contributed by atoms with Crippen molar-refractivity contribution >= 4 is 19.7 Å². The summed E-state index contributed by atoms with van der Waals surface area (Å²) < 4.78 is 23.8. The van der Waals surface area contributed by atoms with Gasteiger partial charge in [0.05, 0.1) is 0 Å². The van der Waals surface area contributed by atoms with Crippen LogP contribution in [0.3, 0.4) is 0 Å². The number of imidazole rings is 1. The SMILES string of the molecule is C=CCCCn1cc(S(=O)(=O)Cl)nc1C. The summed E-state index contributed by atoms with van der Waals surface area (Å²) in [6.07, 6.45) is 5.08. The molecule has 0 aliphatic heterocycles. The first kappa shape index (κ1) is 12.3. The first-order valence-electron chi connectivity index (χ1n) is 4.54. The van der Waals surface area contributed by atoms with Crippen LogP contribution in [0.15, 0.2) is 23.9 Å². The lowest BCUT2D eigenvalue weighted by atomic mass is 10.3. The summed E-state index contributed by atoms with van der Waals surface area (Å²) in [7, 11) is 1.47. The van der Waals surface area contributed by atoms with E-state index in [1.54, 1.807) is 11.5 Å². The summed E-state index contributed by atoms with van der Waals surface area (Å²) in [5.41, 5.74) is 0. The second kappa shape index (κ2) is 4.81. The summed E-state index contributed by atoms with van der Waals surface area (Å²) in [4.78, 5) is 3.88. The number of hydrogen-bond acceptors (Lipinski definition) is 3. The second-order valence-corrected chi connectivity index (χ2v) is 5.70. The zero-order chi connectivity index (χ0) is 11.5. The van der Waals surface area contributed by atoms with E-state index in [4.69, 9.17) is 10.7 Å². The maximum Gasteiger partial charge on any atom is 0.280 e. The van der Waals surface area contributed by atoms with Gasteiger partial charge in [0.1, 0.15) is 5.82 Å². The highest BCUT2D eigenvalue weighted by Crippen LogP contribution is 2.14. The van der Waals surface area contributed by atoms with Gasteiger partial charge in [0.15, 0.2) is 5.03 Å². The van der Waals surface area contributed by atoms with E-state index in [9.17, 15) is 8.42 Å². The minimum atomic E-state index is -3.71. The molecule has 84 valence electrons. The van der Waals surface area contributed by atoms with E-state index in [0.29, 0.717) is 5.82 Å². The lowest BCUT2D eigenvalue weighted by Crippen LogP contribution is -1.98. The van der Waals surface area contributed by atoms with Gasteiger partial charge in [-0.25, -0.2) is 13.4 Å². The van der Waals surface area contributed by atoms with Crippen LogP contribution in [-0.4, -0.2) is 18.0 Å². The Morgan fingerprint density at radius 3 is 2.80 bits per heavy atom. The molecular formula is C9H13ClN2O2S. The number of allylic oxidation sites excluding steroid dienone is 1. The van der Waals surface area contributed by atoms with E-state index in [1.807, 2.05) is 6.08 Å². The number of nitrogens with zero attached hydrogens (tertiary/aromatic N) is 2. The largest absolute Gasteiger partial charge is 0.334 e. The molecule has 0 aliphatic carbocycles. The molecule has 0 amide bonds. The van der Waals surface area contributed by atoms with Crippen molar-refractivity contribution in [2.75, 3.05) is 0 Å². The summed E-state index contributed by atoms with van der Waals surface area (Å²) in [5.74, 6) is 0.651. The Bertz CT molecular complexity index is 451. The number of aryl methyl sites for hydroxylation is 2. The summed E-state index contributed by atoms with van der Waals surface area (Å²) in [6, 6.07) is 0. The maximum atomic E-state index is 11.0. The molecule has 0 unspecified atom stereocenters. The summed E-state index contributed by atoms with van der Waals surface area (Å²) in [6.45, 7) is 6.09. The van der Waals surface area contributed by atoms with E-state index in [0.717, 1.165) is 19.4 Å². The van der Waals surface area contributed by atoms with E-state index in [-0.39, 0.29) is 5.03 Å². The second-order valence-electron chi connectivity index (χ2n) is 3.19. The third kappa shape index (κ3) is 3.35. The fourth-order valence-corrected chi connectivity index (χ4v) is 1.95. The van der Waals surface area contributed by atoms with Crippen LogP contribution in [0.5, 0.6) is 0 Å². The predicted molar refractivity (Wildman–Crippen MR) is 59.4 cm³/mol. The third-order valence-corrected chi connectivity index (χ3v) is 3.18. The molecule has 0 spiro atoms. The Labute approximate surface area is 94.0 Å². The van der Waals surface area contributed by atoms with Gasteiger partial charge in [-0.1, -0.05) is 6.08 Å². The van der Waals surface area contributed by atoms with Crippen LogP contribution in [-0.2, 0) is 15.6 Å². The van der Waals surface area contributed by atoms with Crippen LogP contribution in [0.4, 0.5) is 0 Å². The highest BCUT2D eigenvalue weighted by atomic mass is 35.7. The van der Waals surface area contributed by atoms with Crippen molar-refractivity contribution in [2.24, 2.45) is 0 Å². The van der Waals surface area contributed by atoms with Gasteiger partial charge in [-0.2, -0.15) is 0 Å². The van der Waals surface area contributed by atoms with E-state index in [1.165, 1.54) is 6.20 Å². The number of unbranched alkanes of at least 4 members (excludes halogenated alkanes) is 1. The molecule has 1 heterocycles. The molecule has 0 N–H and O–H groups in total. The molecule has 0 bridgehead atoms. The zero-order valence-corrected chi connectivity index (χ0v) is 10.1. The van der Waals surface area contributed by atoms with Gasteiger partial charge in [-0.15, -0.1) is 6.58 Å². The van der Waals surface area contributed by atoms with Crippen molar-refractivity contribution in [1.82, 2.24) is 9.55 Å². The van der Waals surface area contributed by atoms with Gasteiger partial charge in [0, 0.05) is 23.4 Å². The monoisotopic (exact) mass is 248 g/mol. The molecule has 15 heavy (non-hydrogen) atoms. The molecule has 0 radical (unpaired) electrons. The quantitative estimate of drug-likeness (QED) is 0.456. The Balaban J connectivity index is 2.82. The minimum absolute atomic E-state index is 0.0831. The van der Waals surface area contributed by atoms with Gasteiger partial charge >= 0.3 is 0 Å². The number of aromatic nitrogens is 2. The van der Waals surface area contributed by atoms with Crippen LogP contribution >= 0.6 is 10.7 Å². The van der Waals surface area contributed by atoms with E-state index >= 15 is 0 Å². The average Bonchev–Trinajstić information content (AvgIpc) is 2.48. The molecule has 1 aromatic rings. The van der Waals surface area contributed by atoms with Gasteiger partial charge in [0.2, 0.25) is 0 Å². The van der Waals surface area contributed by atoms with Crippen molar-refractivity contribution in [3.8, 4) is 0 Å². The molecule has 0 atom stereocenters. The number of rotatable bonds is 5. The van der Waals surface area contributed by atoms with Crippen molar-refractivity contribution in [3.05, 3.63) is 24.7 Å². The Morgan fingerprint density at radius 1 is 1.67 bits per heavy atom. The van der Waals surface area contributed by atoms with Crippen LogP contribution in [0.1, 0.15) is 18.7 Å². The molecule has 0 fully saturated rings. The van der Waals surface area contributed by atoms with Crippen LogP contribution < -0.4 is 0 Å². The first-order valence-corrected chi connectivity index (χ1v) is 6.85. The van der Waals surface area contributed by atoms with Crippen molar-refractivity contribution in [3.63, 3.8) is 0 Å². The molecule has 0 aromatic carbocycles. The smallest absolute Gasteiger partial charge is 0.280 e.